The van der Waals surface area contributed by atoms with Gasteiger partial charge in [0.1, 0.15) is 18.1 Å². The summed E-state index contributed by atoms with van der Waals surface area (Å²) in [5.41, 5.74) is 5.27. The molecule has 0 spiro atoms. The predicted octanol–water partition coefficient (Wildman–Crippen LogP) is 5.58. The number of hydrogen-bond acceptors (Lipinski definition) is 5. The van der Waals surface area contributed by atoms with Crippen molar-refractivity contribution < 1.29 is 14.3 Å². The molecule has 0 bridgehead atoms. The SMILES string of the molecule is O=C1c2[nH]nc(-c3ccccc3)c2C(c2ccc(OCc3ccccc3Cl)cc2)N1CCCN1CCOCC1. The number of benzene rings is 3. The number of nitrogens with zero attached hydrogens (tertiary/aromatic N) is 3. The molecule has 39 heavy (non-hydrogen) atoms. The van der Waals surface area contributed by atoms with Gasteiger partial charge in [-0.3, -0.25) is 14.8 Å². The van der Waals surface area contributed by atoms with E-state index in [0.29, 0.717) is 23.9 Å². The molecular formula is C31H31ClN4O3. The summed E-state index contributed by atoms with van der Waals surface area (Å²) < 4.78 is 11.5. The second-order valence-corrected chi connectivity index (χ2v) is 10.3. The first-order chi connectivity index (χ1) is 19.2. The number of halogens is 1. The zero-order valence-corrected chi connectivity index (χ0v) is 22.4. The van der Waals surface area contributed by atoms with Crippen molar-refractivity contribution in [3.05, 3.63) is 106 Å². The Labute approximate surface area is 233 Å². The van der Waals surface area contributed by atoms with Crippen molar-refractivity contribution in [2.24, 2.45) is 0 Å². The molecule has 200 valence electrons. The molecular weight excluding hydrogens is 512 g/mol. The van der Waals surface area contributed by atoms with Gasteiger partial charge in [0.15, 0.2) is 0 Å². The number of amides is 1. The lowest BCUT2D eigenvalue weighted by Crippen LogP contribution is -2.38. The first-order valence-electron chi connectivity index (χ1n) is 13.4. The van der Waals surface area contributed by atoms with Crippen LogP contribution in [0.2, 0.25) is 5.02 Å². The molecule has 1 atom stereocenters. The van der Waals surface area contributed by atoms with E-state index in [2.05, 4.69) is 15.1 Å². The molecule has 1 N–H and O–H groups in total. The van der Waals surface area contributed by atoms with E-state index in [-0.39, 0.29) is 11.9 Å². The highest BCUT2D eigenvalue weighted by atomic mass is 35.5. The van der Waals surface area contributed by atoms with Crippen LogP contribution in [0.5, 0.6) is 5.75 Å². The number of aromatic nitrogens is 2. The second-order valence-electron chi connectivity index (χ2n) is 9.88. The van der Waals surface area contributed by atoms with E-state index in [1.165, 1.54) is 0 Å². The zero-order chi connectivity index (χ0) is 26.6. The maximum absolute atomic E-state index is 13.6. The van der Waals surface area contributed by atoms with E-state index < -0.39 is 0 Å². The minimum absolute atomic E-state index is 0.00861. The van der Waals surface area contributed by atoms with Gasteiger partial charge in [-0.1, -0.05) is 72.3 Å². The fourth-order valence-corrected chi connectivity index (χ4v) is 5.59. The van der Waals surface area contributed by atoms with Crippen LogP contribution < -0.4 is 4.74 Å². The largest absolute Gasteiger partial charge is 0.489 e. The molecule has 0 aliphatic carbocycles. The molecule has 8 heteroatoms. The van der Waals surface area contributed by atoms with Crippen LogP contribution in [0.3, 0.4) is 0 Å². The molecule has 0 radical (unpaired) electrons. The molecule has 0 saturated carbocycles. The molecule has 2 aliphatic rings. The van der Waals surface area contributed by atoms with Gasteiger partial charge in [-0.15, -0.1) is 0 Å². The van der Waals surface area contributed by atoms with Crippen LogP contribution in [0.4, 0.5) is 0 Å². The van der Waals surface area contributed by atoms with Crippen molar-refractivity contribution in [2.45, 2.75) is 19.1 Å². The molecule has 7 nitrogen and oxygen atoms in total. The Kier molecular flexibility index (Phi) is 7.63. The first-order valence-corrected chi connectivity index (χ1v) is 13.8. The number of fused-ring (bicyclic) bond motifs is 1. The van der Waals surface area contributed by atoms with Gasteiger partial charge in [0.2, 0.25) is 0 Å². The fourth-order valence-electron chi connectivity index (χ4n) is 5.40. The Bertz CT molecular complexity index is 1420. The number of H-pyrrole nitrogens is 1. The van der Waals surface area contributed by atoms with Gasteiger partial charge >= 0.3 is 0 Å². The summed E-state index contributed by atoms with van der Waals surface area (Å²) in [6.07, 6.45) is 0.889. The molecule has 1 fully saturated rings. The van der Waals surface area contributed by atoms with Gasteiger partial charge < -0.3 is 14.4 Å². The number of carbonyl (C=O) groups excluding carboxylic acids is 1. The second kappa shape index (κ2) is 11.6. The maximum atomic E-state index is 13.6. The molecule has 3 heterocycles. The maximum Gasteiger partial charge on any atom is 0.273 e. The lowest BCUT2D eigenvalue weighted by Gasteiger charge is -2.29. The average molecular weight is 543 g/mol. The Morgan fingerprint density at radius 3 is 2.46 bits per heavy atom. The lowest BCUT2D eigenvalue weighted by atomic mass is 9.96. The van der Waals surface area contributed by atoms with Gasteiger partial charge in [-0.05, 0) is 30.2 Å². The summed E-state index contributed by atoms with van der Waals surface area (Å²) in [6, 6.07) is 25.5. The number of hydrogen-bond donors (Lipinski definition) is 1. The monoisotopic (exact) mass is 542 g/mol. The fraction of sp³-hybridized carbons (Fsp3) is 0.290. The zero-order valence-electron chi connectivity index (χ0n) is 21.7. The summed E-state index contributed by atoms with van der Waals surface area (Å²) in [5.74, 6) is 0.739. The van der Waals surface area contributed by atoms with Crippen LogP contribution in [0, 0.1) is 0 Å². The topological polar surface area (TPSA) is 70.7 Å². The Hall–Kier alpha value is -3.65. The molecule has 3 aromatic carbocycles. The highest BCUT2D eigenvalue weighted by Gasteiger charge is 2.41. The third kappa shape index (κ3) is 5.43. The van der Waals surface area contributed by atoms with Crippen LogP contribution in [-0.2, 0) is 11.3 Å². The third-order valence-corrected chi connectivity index (χ3v) is 7.80. The third-order valence-electron chi connectivity index (χ3n) is 7.44. The van der Waals surface area contributed by atoms with Crippen LogP contribution in [0.25, 0.3) is 11.3 Å². The average Bonchev–Trinajstić information content (AvgIpc) is 3.53. The van der Waals surface area contributed by atoms with E-state index in [9.17, 15) is 4.79 Å². The molecule has 1 aromatic heterocycles. The Morgan fingerprint density at radius 1 is 0.949 bits per heavy atom. The van der Waals surface area contributed by atoms with Gasteiger partial charge in [-0.25, -0.2) is 0 Å². The Balaban J connectivity index is 1.26. The smallest absolute Gasteiger partial charge is 0.273 e. The quantitative estimate of drug-likeness (QED) is 0.299. The van der Waals surface area contributed by atoms with Crippen LogP contribution in [0.1, 0.15) is 39.6 Å². The predicted molar refractivity (Wildman–Crippen MR) is 151 cm³/mol. The number of rotatable bonds is 9. The highest BCUT2D eigenvalue weighted by molar-refractivity contribution is 6.31. The van der Waals surface area contributed by atoms with Gasteiger partial charge in [-0.2, -0.15) is 5.10 Å². The molecule has 1 unspecified atom stereocenters. The van der Waals surface area contributed by atoms with E-state index in [0.717, 1.165) is 73.0 Å². The number of carbonyl (C=O) groups is 1. The van der Waals surface area contributed by atoms with Crippen LogP contribution >= 0.6 is 11.6 Å². The summed E-state index contributed by atoms with van der Waals surface area (Å²) in [4.78, 5) is 18.0. The number of ether oxygens (including phenoxy) is 2. The van der Waals surface area contributed by atoms with Gasteiger partial charge in [0, 0.05) is 47.9 Å². The van der Waals surface area contributed by atoms with Gasteiger partial charge in [0.25, 0.3) is 5.91 Å². The highest BCUT2D eigenvalue weighted by Crippen LogP contribution is 2.43. The summed E-state index contributed by atoms with van der Waals surface area (Å²) >= 11 is 6.29. The van der Waals surface area contributed by atoms with Crippen molar-refractivity contribution in [1.82, 2.24) is 20.0 Å². The minimum atomic E-state index is -0.233. The van der Waals surface area contributed by atoms with E-state index in [4.69, 9.17) is 21.1 Å². The van der Waals surface area contributed by atoms with Crippen molar-refractivity contribution >= 4 is 17.5 Å². The number of nitrogens with one attached hydrogen (secondary N) is 1. The summed E-state index contributed by atoms with van der Waals surface area (Å²) in [7, 11) is 0. The van der Waals surface area contributed by atoms with E-state index in [1.807, 2.05) is 83.8 Å². The molecule has 4 aromatic rings. The first kappa shape index (κ1) is 25.6. The van der Waals surface area contributed by atoms with Crippen molar-refractivity contribution in [3.8, 4) is 17.0 Å². The Morgan fingerprint density at radius 2 is 1.69 bits per heavy atom. The molecule has 2 aliphatic heterocycles. The summed E-state index contributed by atoms with van der Waals surface area (Å²) in [6.45, 7) is 5.40. The normalized spacial score (nSPS) is 17.4. The number of morpholine rings is 1. The van der Waals surface area contributed by atoms with Crippen molar-refractivity contribution in [1.29, 1.82) is 0 Å². The van der Waals surface area contributed by atoms with E-state index in [1.54, 1.807) is 0 Å². The van der Waals surface area contributed by atoms with Crippen LogP contribution in [0.15, 0.2) is 78.9 Å². The summed E-state index contributed by atoms with van der Waals surface area (Å²) in [5, 5.41) is 8.32. The van der Waals surface area contributed by atoms with E-state index >= 15 is 0 Å². The number of aromatic amines is 1. The molecule has 1 amide bonds. The van der Waals surface area contributed by atoms with Crippen molar-refractivity contribution in [3.63, 3.8) is 0 Å². The minimum Gasteiger partial charge on any atom is -0.489 e. The van der Waals surface area contributed by atoms with Gasteiger partial charge in [0.05, 0.1) is 24.9 Å². The molecule has 1 saturated heterocycles. The molecule has 6 rings (SSSR count). The van der Waals surface area contributed by atoms with Crippen LogP contribution in [-0.4, -0.2) is 65.3 Å². The lowest BCUT2D eigenvalue weighted by molar-refractivity contribution is 0.0354. The standard InChI is InChI=1S/C31H31ClN4O3/c32-26-10-5-4-9-24(26)21-39-25-13-11-23(12-14-25)30-27-28(22-7-2-1-3-8-22)33-34-29(27)31(37)36(30)16-6-15-35-17-19-38-20-18-35/h1-5,7-14,30H,6,15-21H2,(H,33,34). The van der Waals surface area contributed by atoms with Crippen molar-refractivity contribution in [2.75, 3.05) is 39.4 Å².